The summed E-state index contributed by atoms with van der Waals surface area (Å²) in [7, 11) is 3.32. The van der Waals surface area contributed by atoms with Crippen molar-refractivity contribution in [2.75, 3.05) is 45.2 Å². The quantitative estimate of drug-likeness (QED) is 0.662. The zero-order chi connectivity index (χ0) is 22.4. The number of fused-ring (bicyclic) bond motifs is 1. The van der Waals surface area contributed by atoms with Crippen LogP contribution in [0.1, 0.15) is 33.6 Å². The maximum absolute atomic E-state index is 14.9. The average molecular weight is 431 g/mol. The minimum atomic E-state index is -1.10. The number of benzene rings is 1. The summed E-state index contributed by atoms with van der Waals surface area (Å²) in [6.07, 6.45) is 0.0483. The number of hydrogen-bond acceptors (Lipinski definition) is 6. The lowest BCUT2D eigenvalue weighted by atomic mass is 10.0. The van der Waals surface area contributed by atoms with Crippen LogP contribution in [0.3, 0.4) is 0 Å². The molecule has 0 bridgehead atoms. The molecule has 6 amide bonds. The van der Waals surface area contributed by atoms with Crippen LogP contribution >= 0.6 is 0 Å². The Morgan fingerprint density at radius 2 is 1.65 bits per heavy atom. The van der Waals surface area contributed by atoms with Gasteiger partial charge >= 0.3 is 6.03 Å². The molecule has 11 heteroatoms. The van der Waals surface area contributed by atoms with Crippen LogP contribution in [0.4, 0.5) is 14.9 Å². The second kappa shape index (κ2) is 7.64. The Morgan fingerprint density at radius 1 is 1.03 bits per heavy atom. The van der Waals surface area contributed by atoms with Crippen molar-refractivity contribution >= 4 is 35.3 Å². The van der Waals surface area contributed by atoms with Crippen molar-refractivity contribution in [3.8, 4) is 0 Å². The van der Waals surface area contributed by atoms with Crippen molar-refractivity contribution < 1.29 is 28.4 Å². The van der Waals surface area contributed by atoms with Gasteiger partial charge in [-0.3, -0.25) is 29.4 Å². The molecule has 3 heterocycles. The zero-order valence-electron chi connectivity index (χ0n) is 17.2. The Labute approximate surface area is 177 Å². The lowest BCUT2D eigenvalue weighted by Crippen LogP contribution is -2.54. The molecule has 0 aliphatic carbocycles. The smallest absolute Gasteiger partial charge is 0.319 e. The summed E-state index contributed by atoms with van der Waals surface area (Å²) in [5.74, 6) is -3.26. The predicted octanol–water partition coefficient (Wildman–Crippen LogP) is 0.0305. The lowest BCUT2D eigenvalue weighted by molar-refractivity contribution is -0.136. The molecule has 0 spiro atoms. The number of halogens is 1. The molecule has 10 nitrogen and oxygen atoms in total. The van der Waals surface area contributed by atoms with E-state index in [0.717, 1.165) is 11.0 Å². The van der Waals surface area contributed by atoms with E-state index in [0.29, 0.717) is 26.2 Å². The van der Waals surface area contributed by atoms with Crippen LogP contribution in [-0.4, -0.2) is 90.7 Å². The van der Waals surface area contributed by atoms with Gasteiger partial charge in [0.2, 0.25) is 11.8 Å². The molecule has 3 aliphatic heterocycles. The van der Waals surface area contributed by atoms with Gasteiger partial charge in [-0.1, -0.05) is 0 Å². The normalized spacial score (nSPS) is 21.4. The highest BCUT2D eigenvalue weighted by Crippen LogP contribution is 2.33. The van der Waals surface area contributed by atoms with Gasteiger partial charge < -0.3 is 14.7 Å². The maximum Gasteiger partial charge on any atom is 0.319 e. The summed E-state index contributed by atoms with van der Waals surface area (Å²) >= 11 is 0. The van der Waals surface area contributed by atoms with Gasteiger partial charge in [0.15, 0.2) is 0 Å². The first-order chi connectivity index (χ1) is 14.7. The van der Waals surface area contributed by atoms with E-state index in [4.69, 9.17) is 0 Å². The van der Waals surface area contributed by atoms with Gasteiger partial charge in [-0.15, -0.1) is 0 Å². The Hall–Kier alpha value is -3.50. The van der Waals surface area contributed by atoms with E-state index in [1.807, 2.05) is 0 Å². The number of carbonyl (C=O) groups is 5. The number of carbonyl (C=O) groups excluding carboxylic acids is 5. The Balaban J connectivity index is 1.56. The van der Waals surface area contributed by atoms with E-state index in [9.17, 15) is 28.4 Å². The largest absolute Gasteiger partial charge is 0.366 e. The SMILES string of the molecule is CN(C)C(=O)N1CCN(c2cc3c(cc2F)C(=O)N(C2CCC(=O)NC2=O)C3=O)CC1. The number of imide groups is 2. The number of piperazine rings is 1. The predicted molar refractivity (Wildman–Crippen MR) is 106 cm³/mol. The molecule has 0 aromatic heterocycles. The summed E-state index contributed by atoms with van der Waals surface area (Å²) in [5, 5.41) is 2.13. The lowest BCUT2D eigenvalue weighted by Gasteiger charge is -2.37. The third kappa shape index (κ3) is 3.49. The molecule has 4 rings (SSSR count). The van der Waals surface area contributed by atoms with Crippen molar-refractivity contribution in [1.29, 1.82) is 0 Å². The summed E-state index contributed by atoms with van der Waals surface area (Å²) in [4.78, 5) is 67.0. The molecular weight excluding hydrogens is 409 g/mol. The first kappa shape index (κ1) is 20.8. The molecule has 1 aromatic carbocycles. The Kier molecular flexibility index (Phi) is 5.11. The standard InChI is InChI=1S/C20H22FN5O5/c1-23(2)20(31)25-7-5-24(6-8-25)15-10-12-11(9-13(15)21)18(29)26(19(12)30)14-3-4-16(27)22-17(14)28/h9-10,14H,3-8H2,1-2H3,(H,22,27,28). The first-order valence-electron chi connectivity index (χ1n) is 9.95. The van der Waals surface area contributed by atoms with E-state index < -0.39 is 35.5 Å². The molecule has 1 N–H and O–H groups in total. The molecule has 0 saturated carbocycles. The van der Waals surface area contributed by atoms with Gasteiger partial charge in [0.05, 0.1) is 16.8 Å². The van der Waals surface area contributed by atoms with Gasteiger partial charge in [0.1, 0.15) is 11.9 Å². The third-order valence-corrected chi connectivity index (χ3v) is 5.78. The van der Waals surface area contributed by atoms with Crippen molar-refractivity contribution in [2.45, 2.75) is 18.9 Å². The van der Waals surface area contributed by atoms with Gasteiger partial charge in [-0.2, -0.15) is 0 Å². The fraction of sp³-hybridized carbons (Fsp3) is 0.450. The summed E-state index contributed by atoms with van der Waals surface area (Å²) in [6.45, 7) is 1.52. The average Bonchev–Trinajstić information content (AvgIpc) is 2.97. The van der Waals surface area contributed by atoms with Crippen LogP contribution in [0, 0.1) is 5.82 Å². The highest BCUT2D eigenvalue weighted by molar-refractivity contribution is 6.23. The second-order valence-electron chi connectivity index (χ2n) is 7.95. The number of amides is 6. The molecule has 31 heavy (non-hydrogen) atoms. The first-order valence-corrected chi connectivity index (χ1v) is 9.95. The van der Waals surface area contributed by atoms with Gasteiger partial charge in [-0.05, 0) is 18.6 Å². The van der Waals surface area contributed by atoms with Crippen LogP contribution in [0.25, 0.3) is 0 Å². The maximum atomic E-state index is 14.9. The number of piperidine rings is 1. The summed E-state index contributed by atoms with van der Waals surface area (Å²) in [6, 6.07) is 1.13. The summed E-state index contributed by atoms with van der Waals surface area (Å²) < 4.78 is 14.9. The fourth-order valence-corrected chi connectivity index (χ4v) is 4.14. The molecule has 2 saturated heterocycles. The minimum Gasteiger partial charge on any atom is -0.366 e. The molecular formula is C20H22FN5O5. The van der Waals surface area contributed by atoms with Crippen LogP contribution in [0.2, 0.25) is 0 Å². The fourth-order valence-electron chi connectivity index (χ4n) is 4.14. The number of urea groups is 1. The van der Waals surface area contributed by atoms with Crippen molar-refractivity contribution in [1.82, 2.24) is 20.0 Å². The molecule has 0 radical (unpaired) electrons. The topological polar surface area (TPSA) is 110 Å². The monoisotopic (exact) mass is 431 g/mol. The van der Waals surface area contributed by atoms with Crippen molar-refractivity contribution in [2.24, 2.45) is 0 Å². The van der Waals surface area contributed by atoms with Crippen LogP contribution in [-0.2, 0) is 9.59 Å². The van der Waals surface area contributed by atoms with Crippen LogP contribution in [0.5, 0.6) is 0 Å². The molecule has 1 atom stereocenters. The number of anilines is 1. The van der Waals surface area contributed by atoms with Crippen LogP contribution < -0.4 is 10.2 Å². The molecule has 164 valence electrons. The number of rotatable bonds is 2. The molecule has 1 aromatic rings. The Bertz CT molecular complexity index is 1000. The van der Waals surface area contributed by atoms with Gasteiger partial charge in [0, 0.05) is 46.7 Å². The molecule has 2 fully saturated rings. The van der Waals surface area contributed by atoms with Gasteiger partial charge in [0.25, 0.3) is 11.8 Å². The van der Waals surface area contributed by atoms with Crippen LogP contribution in [0.15, 0.2) is 12.1 Å². The number of nitrogens with zero attached hydrogens (tertiary/aromatic N) is 4. The third-order valence-electron chi connectivity index (χ3n) is 5.78. The van der Waals surface area contributed by atoms with Crippen molar-refractivity contribution in [3.63, 3.8) is 0 Å². The Morgan fingerprint density at radius 3 is 2.23 bits per heavy atom. The van der Waals surface area contributed by atoms with Gasteiger partial charge in [-0.25, -0.2) is 9.18 Å². The van der Waals surface area contributed by atoms with E-state index >= 15 is 0 Å². The van der Waals surface area contributed by atoms with E-state index in [2.05, 4.69) is 5.32 Å². The zero-order valence-corrected chi connectivity index (χ0v) is 17.2. The molecule has 3 aliphatic rings. The highest BCUT2D eigenvalue weighted by Gasteiger charge is 2.45. The second-order valence-corrected chi connectivity index (χ2v) is 7.95. The van der Waals surface area contributed by atoms with E-state index in [1.165, 1.54) is 11.0 Å². The summed E-state index contributed by atoms with van der Waals surface area (Å²) in [5.41, 5.74) is 0.0947. The molecule has 1 unspecified atom stereocenters. The van der Waals surface area contributed by atoms with E-state index in [-0.39, 0.29) is 35.7 Å². The number of nitrogens with one attached hydrogen (secondary N) is 1. The number of hydrogen-bond donors (Lipinski definition) is 1. The minimum absolute atomic E-state index is 0.0133. The highest BCUT2D eigenvalue weighted by atomic mass is 19.1. The van der Waals surface area contributed by atoms with E-state index in [1.54, 1.807) is 23.9 Å². The van der Waals surface area contributed by atoms with Crippen molar-refractivity contribution in [3.05, 3.63) is 29.1 Å².